The Morgan fingerprint density at radius 3 is 2.27 bits per heavy atom. The van der Waals surface area contributed by atoms with E-state index in [1.165, 1.54) is 22.3 Å². The number of likely N-dealkylation sites (N-methyl/N-ethyl adjacent to an activating group) is 2. The van der Waals surface area contributed by atoms with Gasteiger partial charge >= 0.3 is 0 Å². The highest BCUT2D eigenvalue weighted by Gasteiger charge is 2.24. The molecule has 2 N–H and O–H groups in total. The molecule has 0 aromatic heterocycles. The molecule has 0 bridgehead atoms. The Morgan fingerprint density at radius 2 is 1.54 bits per heavy atom. The predicted molar refractivity (Wildman–Crippen MR) is 152 cm³/mol. The Bertz CT molecular complexity index is 1140. The second-order valence-corrected chi connectivity index (χ2v) is 9.98. The molecule has 0 amide bonds. The topological polar surface area (TPSA) is 56.2 Å². The van der Waals surface area contributed by atoms with Crippen molar-refractivity contribution < 1.29 is 14.9 Å². The molecule has 1 atom stereocenters. The molecule has 3 aromatic rings. The van der Waals surface area contributed by atoms with Crippen LogP contribution < -0.4 is 9.64 Å². The van der Waals surface area contributed by atoms with Gasteiger partial charge in [0.15, 0.2) is 0 Å². The van der Waals surface area contributed by atoms with Gasteiger partial charge in [-0.25, -0.2) is 0 Å². The minimum Gasteiger partial charge on any atom is -0.508 e. The minimum absolute atomic E-state index is 0.310. The summed E-state index contributed by atoms with van der Waals surface area (Å²) in [6, 6.07) is 20.1. The predicted octanol–water partition coefficient (Wildman–Crippen LogP) is 6.16. The molecule has 198 valence electrons. The number of nitrogens with zero attached hydrogens (tertiary/aromatic N) is 2. The van der Waals surface area contributed by atoms with Gasteiger partial charge in [0.2, 0.25) is 0 Å². The van der Waals surface area contributed by atoms with E-state index in [0.717, 1.165) is 69.8 Å². The van der Waals surface area contributed by atoms with Gasteiger partial charge in [0.1, 0.15) is 23.9 Å². The van der Waals surface area contributed by atoms with Gasteiger partial charge in [-0.2, -0.15) is 0 Å². The van der Waals surface area contributed by atoms with Crippen LogP contribution in [0.1, 0.15) is 55.4 Å². The second kappa shape index (κ2) is 12.9. The van der Waals surface area contributed by atoms with Gasteiger partial charge in [-0.15, -0.1) is 0 Å². The van der Waals surface area contributed by atoms with Crippen molar-refractivity contribution in [1.29, 1.82) is 0 Å². The maximum absolute atomic E-state index is 10.3. The van der Waals surface area contributed by atoms with Gasteiger partial charge in [0.25, 0.3) is 0 Å². The van der Waals surface area contributed by atoms with Crippen LogP contribution in [0.15, 0.2) is 60.7 Å². The number of hydrogen-bond donors (Lipinski definition) is 2. The largest absolute Gasteiger partial charge is 0.508 e. The number of aromatic hydroxyl groups is 2. The van der Waals surface area contributed by atoms with E-state index in [-0.39, 0.29) is 0 Å². The van der Waals surface area contributed by atoms with Crippen molar-refractivity contribution in [1.82, 2.24) is 4.90 Å². The van der Waals surface area contributed by atoms with E-state index in [9.17, 15) is 10.2 Å². The summed E-state index contributed by atoms with van der Waals surface area (Å²) < 4.78 is 5.95. The molecule has 0 spiro atoms. The third kappa shape index (κ3) is 6.98. The minimum atomic E-state index is 0.310. The average molecular weight is 503 g/mol. The Balaban J connectivity index is 1.41. The fourth-order valence-electron chi connectivity index (χ4n) is 5.46. The van der Waals surface area contributed by atoms with Crippen molar-refractivity contribution in [3.05, 3.63) is 82.9 Å². The van der Waals surface area contributed by atoms with Crippen molar-refractivity contribution >= 4 is 5.69 Å². The summed E-state index contributed by atoms with van der Waals surface area (Å²) in [5, 5.41) is 20.2. The summed E-state index contributed by atoms with van der Waals surface area (Å²) in [7, 11) is 0. The highest BCUT2D eigenvalue weighted by atomic mass is 16.5. The lowest BCUT2D eigenvalue weighted by Gasteiger charge is -2.31. The molecule has 3 aromatic carbocycles. The number of phenolic OH excluding ortho intramolecular Hbond substituents is 2. The monoisotopic (exact) mass is 502 g/mol. The Kier molecular flexibility index (Phi) is 9.34. The maximum atomic E-state index is 10.3. The van der Waals surface area contributed by atoms with Gasteiger partial charge < -0.3 is 24.7 Å². The first-order valence-electron chi connectivity index (χ1n) is 13.8. The zero-order chi connectivity index (χ0) is 26.2. The summed E-state index contributed by atoms with van der Waals surface area (Å²) in [5.41, 5.74) is 6.28. The summed E-state index contributed by atoms with van der Waals surface area (Å²) in [4.78, 5) is 4.75. The molecule has 0 radical (unpaired) electrons. The molecule has 0 heterocycles. The SMILES string of the molecule is CCN(CC)CCOc1ccc(CCN(CC)c2cc(O)ccc2C2CCc3cc(O)ccc3C2)cc1. The number of phenols is 2. The van der Waals surface area contributed by atoms with Crippen LogP contribution in [0, 0.1) is 0 Å². The Hall–Kier alpha value is -3.18. The van der Waals surface area contributed by atoms with Crippen LogP contribution in [0.25, 0.3) is 0 Å². The third-order valence-electron chi connectivity index (χ3n) is 7.76. The fourth-order valence-corrected chi connectivity index (χ4v) is 5.46. The molecular weight excluding hydrogens is 460 g/mol. The smallest absolute Gasteiger partial charge is 0.119 e. The van der Waals surface area contributed by atoms with Crippen molar-refractivity contribution in [3.8, 4) is 17.2 Å². The normalized spacial score (nSPS) is 15.0. The van der Waals surface area contributed by atoms with Gasteiger partial charge in [-0.1, -0.05) is 38.1 Å². The van der Waals surface area contributed by atoms with Crippen LogP contribution in [-0.4, -0.2) is 54.4 Å². The first-order chi connectivity index (χ1) is 18.0. The molecule has 37 heavy (non-hydrogen) atoms. The Labute approximate surface area is 222 Å². The maximum Gasteiger partial charge on any atom is 0.119 e. The Morgan fingerprint density at radius 1 is 0.811 bits per heavy atom. The highest BCUT2D eigenvalue weighted by Crippen LogP contribution is 2.39. The van der Waals surface area contributed by atoms with E-state index in [2.05, 4.69) is 67.0 Å². The molecule has 5 nitrogen and oxygen atoms in total. The summed E-state index contributed by atoms with van der Waals surface area (Å²) in [5.74, 6) is 1.97. The molecule has 5 heteroatoms. The number of anilines is 1. The first-order valence-corrected chi connectivity index (χ1v) is 13.8. The quantitative estimate of drug-likeness (QED) is 0.311. The fraction of sp³-hybridized carbons (Fsp3) is 0.438. The van der Waals surface area contributed by atoms with Gasteiger partial charge in [0, 0.05) is 31.4 Å². The first kappa shape index (κ1) is 26.9. The summed E-state index contributed by atoms with van der Waals surface area (Å²) in [6.45, 7) is 12.0. The van der Waals surface area contributed by atoms with Crippen molar-refractivity contribution in [3.63, 3.8) is 0 Å². The molecule has 0 saturated heterocycles. The van der Waals surface area contributed by atoms with E-state index in [4.69, 9.17) is 4.74 Å². The van der Waals surface area contributed by atoms with Crippen LogP contribution in [-0.2, 0) is 19.3 Å². The zero-order valence-corrected chi connectivity index (χ0v) is 22.6. The van der Waals surface area contributed by atoms with Crippen LogP contribution in [0.3, 0.4) is 0 Å². The molecule has 0 fully saturated rings. The highest BCUT2D eigenvalue weighted by molar-refractivity contribution is 5.59. The molecule has 1 aliphatic rings. The lowest BCUT2D eigenvalue weighted by atomic mass is 9.79. The van der Waals surface area contributed by atoms with E-state index in [1.807, 2.05) is 18.2 Å². The molecule has 1 unspecified atom stereocenters. The standard InChI is InChI=1S/C32H42N2O3/c1-4-33(5-2)19-20-37-30-14-7-24(8-15-30)17-18-34(6-3)32-23-29(36)13-16-31(32)27-10-9-26-22-28(35)12-11-25(26)21-27/h7-8,11-16,22-23,27,35-36H,4-6,9-10,17-21H2,1-3H3. The number of fused-ring (bicyclic) bond motifs is 1. The lowest BCUT2D eigenvalue weighted by Crippen LogP contribution is -2.28. The van der Waals surface area contributed by atoms with Crippen molar-refractivity contribution in [2.75, 3.05) is 44.2 Å². The number of rotatable bonds is 12. The summed E-state index contributed by atoms with van der Waals surface area (Å²) >= 11 is 0. The lowest BCUT2D eigenvalue weighted by molar-refractivity contribution is 0.223. The molecular formula is C32H42N2O3. The van der Waals surface area contributed by atoms with Crippen LogP contribution in [0.5, 0.6) is 17.2 Å². The van der Waals surface area contributed by atoms with Crippen LogP contribution >= 0.6 is 0 Å². The number of hydrogen-bond acceptors (Lipinski definition) is 5. The van der Waals surface area contributed by atoms with Crippen molar-refractivity contribution in [2.45, 2.75) is 52.4 Å². The van der Waals surface area contributed by atoms with Crippen LogP contribution in [0.2, 0.25) is 0 Å². The van der Waals surface area contributed by atoms with E-state index in [0.29, 0.717) is 24.0 Å². The van der Waals surface area contributed by atoms with Crippen LogP contribution in [0.4, 0.5) is 5.69 Å². The third-order valence-corrected chi connectivity index (χ3v) is 7.76. The van der Waals surface area contributed by atoms with E-state index in [1.54, 1.807) is 6.07 Å². The van der Waals surface area contributed by atoms with Gasteiger partial charge in [-0.3, -0.25) is 0 Å². The summed E-state index contributed by atoms with van der Waals surface area (Å²) in [6.07, 6.45) is 3.89. The average Bonchev–Trinajstić information content (AvgIpc) is 2.92. The zero-order valence-electron chi connectivity index (χ0n) is 22.6. The van der Waals surface area contributed by atoms with E-state index < -0.39 is 0 Å². The number of ether oxygens (including phenoxy) is 1. The van der Waals surface area contributed by atoms with Gasteiger partial charge in [-0.05, 0) is 104 Å². The molecule has 0 aliphatic heterocycles. The van der Waals surface area contributed by atoms with E-state index >= 15 is 0 Å². The second-order valence-electron chi connectivity index (χ2n) is 9.98. The van der Waals surface area contributed by atoms with Crippen molar-refractivity contribution in [2.24, 2.45) is 0 Å². The molecule has 1 aliphatic carbocycles. The van der Waals surface area contributed by atoms with Gasteiger partial charge in [0.05, 0.1) is 0 Å². The molecule has 4 rings (SSSR count). The molecule has 0 saturated carbocycles. The number of benzene rings is 3. The number of aryl methyl sites for hydroxylation is 1.